The van der Waals surface area contributed by atoms with Crippen molar-refractivity contribution in [2.45, 2.75) is 111 Å². The molecule has 39 heavy (non-hydrogen) atoms. The van der Waals surface area contributed by atoms with Gasteiger partial charge in [-0.05, 0) is 49.8 Å². The first kappa shape index (κ1) is 29.2. The molecule has 1 saturated heterocycles. The first-order chi connectivity index (χ1) is 18.8. The number of para-hydroxylation sites is 1. The number of hydrogen-bond acceptors (Lipinski definition) is 6. The maximum absolute atomic E-state index is 13.8. The number of aryl methyl sites for hydroxylation is 1. The summed E-state index contributed by atoms with van der Waals surface area (Å²) >= 11 is 0. The zero-order chi connectivity index (χ0) is 27.9. The standard InChI is InChI=1S/C31H47N5O3/c1-6-29(37)36-19-17-25-11-9-12-26(35(25)18-16-22(2)3)21-34(20-24-10-7-8-13-27(24)36)30(38)15-14-28-32-31(23(4)5)33-39-28/h7-8,10,13,22-23,25-26H,6,9,11-12,14-21H2,1-5H3. The van der Waals surface area contributed by atoms with Crippen LogP contribution < -0.4 is 4.90 Å². The first-order valence-electron chi connectivity index (χ1n) is 15.0. The van der Waals surface area contributed by atoms with Gasteiger partial charge in [0.25, 0.3) is 0 Å². The Hall–Kier alpha value is -2.74. The normalized spacial score (nSPS) is 20.7. The average Bonchev–Trinajstić information content (AvgIpc) is 3.40. The summed E-state index contributed by atoms with van der Waals surface area (Å²) in [4.78, 5) is 38.1. The van der Waals surface area contributed by atoms with Gasteiger partial charge in [0.15, 0.2) is 5.82 Å². The van der Waals surface area contributed by atoms with Gasteiger partial charge in [0, 0.05) is 62.6 Å². The van der Waals surface area contributed by atoms with Crippen molar-refractivity contribution in [2.24, 2.45) is 5.92 Å². The lowest BCUT2D eigenvalue weighted by molar-refractivity contribution is -0.133. The Morgan fingerprint density at radius 2 is 1.82 bits per heavy atom. The summed E-state index contributed by atoms with van der Waals surface area (Å²) in [6.07, 6.45) is 6.70. The fourth-order valence-corrected chi connectivity index (χ4v) is 5.94. The lowest BCUT2D eigenvalue weighted by atomic mass is 9.92. The fourth-order valence-electron chi connectivity index (χ4n) is 5.94. The van der Waals surface area contributed by atoms with Gasteiger partial charge in [-0.1, -0.05) is 64.4 Å². The van der Waals surface area contributed by atoms with Gasteiger partial charge in [0.1, 0.15) is 0 Å². The summed E-state index contributed by atoms with van der Waals surface area (Å²) in [6, 6.07) is 8.86. The largest absolute Gasteiger partial charge is 0.339 e. The highest BCUT2D eigenvalue weighted by Crippen LogP contribution is 2.31. The van der Waals surface area contributed by atoms with Crippen LogP contribution in [0.5, 0.6) is 0 Å². The molecule has 8 nitrogen and oxygen atoms in total. The third kappa shape index (κ3) is 7.47. The van der Waals surface area contributed by atoms with Crippen LogP contribution in [0.2, 0.25) is 0 Å². The molecule has 0 radical (unpaired) electrons. The number of aromatic nitrogens is 2. The number of piperidine rings is 1. The van der Waals surface area contributed by atoms with E-state index in [1.165, 1.54) is 0 Å². The molecular formula is C31H47N5O3. The second kappa shape index (κ2) is 13.6. The van der Waals surface area contributed by atoms with E-state index in [0.717, 1.165) is 49.9 Å². The van der Waals surface area contributed by atoms with E-state index in [1.807, 2.05) is 48.8 Å². The van der Waals surface area contributed by atoms with Crippen molar-refractivity contribution in [3.63, 3.8) is 0 Å². The van der Waals surface area contributed by atoms with E-state index < -0.39 is 0 Å². The van der Waals surface area contributed by atoms with Crippen LogP contribution in [0, 0.1) is 5.92 Å². The third-order valence-electron chi connectivity index (χ3n) is 8.25. The molecule has 2 bridgehead atoms. The minimum absolute atomic E-state index is 0.0904. The van der Waals surface area contributed by atoms with Crippen molar-refractivity contribution in [2.75, 3.05) is 24.5 Å². The molecular weight excluding hydrogens is 490 g/mol. The van der Waals surface area contributed by atoms with Gasteiger partial charge in [0.05, 0.1) is 0 Å². The Kier molecular flexibility index (Phi) is 10.2. The Labute approximate surface area is 234 Å². The van der Waals surface area contributed by atoms with Crippen molar-refractivity contribution in [1.82, 2.24) is 19.9 Å². The average molecular weight is 538 g/mol. The molecule has 2 amide bonds. The van der Waals surface area contributed by atoms with Crippen LogP contribution in [0.1, 0.15) is 103 Å². The highest BCUT2D eigenvalue weighted by Gasteiger charge is 2.34. The predicted molar refractivity (Wildman–Crippen MR) is 153 cm³/mol. The maximum atomic E-state index is 13.8. The summed E-state index contributed by atoms with van der Waals surface area (Å²) in [7, 11) is 0. The van der Waals surface area contributed by atoms with E-state index in [9.17, 15) is 9.59 Å². The number of carbonyl (C=O) groups excluding carboxylic acids is 2. The maximum Gasteiger partial charge on any atom is 0.227 e. The molecule has 1 fully saturated rings. The number of nitrogens with zero attached hydrogens (tertiary/aromatic N) is 5. The molecule has 3 heterocycles. The molecule has 8 heteroatoms. The zero-order valence-electron chi connectivity index (χ0n) is 24.6. The number of anilines is 1. The van der Waals surface area contributed by atoms with Crippen LogP contribution >= 0.6 is 0 Å². The Bertz CT molecular complexity index is 1100. The minimum Gasteiger partial charge on any atom is -0.339 e. The molecule has 2 aliphatic heterocycles. The van der Waals surface area contributed by atoms with E-state index in [4.69, 9.17) is 4.52 Å². The van der Waals surface area contributed by atoms with E-state index in [1.54, 1.807) is 0 Å². The Morgan fingerprint density at radius 3 is 2.54 bits per heavy atom. The number of rotatable bonds is 8. The Balaban J connectivity index is 1.64. The predicted octanol–water partition coefficient (Wildman–Crippen LogP) is 5.57. The summed E-state index contributed by atoms with van der Waals surface area (Å²) in [5.74, 6) is 2.23. The van der Waals surface area contributed by atoms with Gasteiger partial charge in [-0.15, -0.1) is 0 Å². The third-order valence-corrected chi connectivity index (χ3v) is 8.25. The van der Waals surface area contributed by atoms with Gasteiger partial charge in [-0.3, -0.25) is 14.5 Å². The zero-order valence-corrected chi connectivity index (χ0v) is 24.6. The smallest absolute Gasteiger partial charge is 0.227 e. The van der Waals surface area contributed by atoms with Crippen LogP contribution in [0.15, 0.2) is 28.8 Å². The summed E-state index contributed by atoms with van der Waals surface area (Å²) in [5.41, 5.74) is 1.96. The first-order valence-corrected chi connectivity index (χ1v) is 15.0. The monoisotopic (exact) mass is 537 g/mol. The molecule has 1 aromatic heterocycles. The number of benzene rings is 1. The van der Waals surface area contributed by atoms with Crippen LogP contribution in [-0.2, 0) is 22.6 Å². The van der Waals surface area contributed by atoms with Crippen LogP contribution in [0.3, 0.4) is 0 Å². The van der Waals surface area contributed by atoms with Crippen molar-refractivity contribution in [3.8, 4) is 0 Å². The van der Waals surface area contributed by atoms with Crippen molar-refractivity contribution < 1.29 is 14.1 Å². The van der Waals surface area contributed by atoms with Gasteiger partial charge in [0.2, 0.25) is 17.7 Å². The molecule has 0 N–H and O–H groups in total. The van der Waals surface area contributed by atoms with Crippen LogP contribution in [-0.4, -0.2) is 63.5 Å². The molecule has 2 unspecified atom stereocenters. The fraction of sp³-hybridized carbons (Fsp3) is 0.677. The van der Waals surface area contributed by atoms with Gasteiger partial charge in [-0.25, -0.2) is 0 Å². The number of hydrogen-bond donors (Lipinski definition) is 0. The number of carbonyl (C=O) groups is 2. The van der Waals surface area contributed by atoms with Crippen molar-refractivity contribution >= 4 is 17.5 Å². The van der Waals surface area contributed by atoms with Gasteiger partial charge in [-0.2, -0.15) is 4.98 Å². The second-order valence-electron chi connectivity index (χ2n) is 12.0. The van der Waals surface area contributed by atoms with Crippen molar-refractivity contribution in [3.05, 3.63) is 41.5 Å². The molecule has 0 spiro atoms. The summed E-state index contributed by atoms with van der Waals surface area (Å²) < 4.78 is 5.42. The molecule has 2 aliphatic rings. The number of fused-ring (bicyclic) bond motifs is 3. The minimum atomic E-state index is 0.0904. The topological polar surface area (TPSA) is 82.8 Å². The molecule has 2 aromatic rings. The van der Waals surface area contributed by atoms with E-state index >= 15 is 0 Å². The molecule has 0 saturated carbocycles. The lowest BCUT2D eigenvalue weighted by Gasteiger charge is -2.44. The van der Waals surface area contributed by atoms with Crippen LogP contribution in [0.25, 0.3) is 0 Å². The van der Waals surface area contributed by atoms with E-state index in [-0.39, 0.29) is 17.7 Å². The lowest BCUT2D eigenvalue weighted by Crippen LogP contribution is -2.53. The SMILES string of the molecule is CCC(=O)N1CCC2CCCC(CN(C(=O)CCc3nc(C(C)C)no3)Cc3ccccc31)N2CCC(C)C. The van der Waals surface area contributed by atoms with Crippen LogP contribution in [0.4, 0.5) is 5.69 Å². The molecule has 4 rings (SSSR count). The second-order valence-corrected chi connectivity index (χ2v) is 12.0. The van der Waals surface area contributed by atoms with Gasteiger partial charge >= 0.3 is 0 Å². The highest BCUT2D eigenvalue weighted by molar-refractivity contribution is 5.94. The molecule has 0 aliphatic carbocycles. The Morgan fingerprint density at radius 1 is 1.05 bits per heavy atom. The summed E-state index contributed by atoms with van der Waals surface area (Å²) in [6.45, 7) is 13.5. The molecule has 1 aromatic carbocycles. The quantitative estimate of drug-likeness (QED) is 0.438. The van der Waals surface area contributed by atoms with E-state index in [2.05, 4.69) is 35.0 Å². The molecule has 2 atom stereocenters. The van der Waals surface area contributed by atoms with Gasteiger partial charge < -0.3 is 14.3 Å². The summed E-state index contributed by atoms with van der Waals surface area (Å²) in [5, 5.41) is 4.06. The van der Waals surface area contributed by atoms with E-state index in [0.29, 0.717) is 68.6 Å². The number of amides is 2. The van der Waals surface area contributed by atoms with Crippen molar-refractivity contribution in [1.29, 1.82) is 0 Å². The molecule has 214 valence electrons. The highest BCUT2D eigenvalue weighted by atomic mass is 16.5.